The van der Waals surface area contributed by atoms with Gasteiger partial charge in [-0.2, -0.15) is 0 Å². The van der Waals surface area contributed by atoms with Crippen LogP contribution in [0, 0.1) is 0 Å². The molecule has 3 aromatic rings. The van der Waals surface area contributed by atoms with Crippen molar-refractivity contribution in [3.8, 4) is 11.5 Å². The summed E-state index contributed by atoms with van der Waals surface area (Å²) in [5, 5.41) is 6.13. The first kappa shape index (κ1) is 18.8. The Hall–Kier alpha value is -3.52. The van der Waals surface area contributed by atoms with Crippen molar-refractivity contribution >= 4 is 35.0 Å². The van der Waals surface area contributed by atoms with Gasteiger partial charge in [0, 0.05) is 23.6 Å². The number of thioether (sulfide) groups is 1. The highest BCUT2D eigenvalue weighted by atomic mass is 32.2. The first-order valence-electron chi connectivity index (χ1n) is 8.83. The number of carbonyl (C=O) groups is 2. The Morgan fingerprint density at radius 1 is 0.931 bits per heavy atom. The molecule has 2 aromatic carbocycles. The smallest absolute Gasteiger partial charge is 0.258 e. The number of anilines is 2. The van der Waals surface area contributed by atoms with Crippen LogP contribution in [0.15, 0.2) is 71.9 Å². The molecule has 0 saturated heterocycles. The van der Waals surface area contributed by atoms with Gasteiger partial charge in [-0.25, -0.2) is 4.98 Å². The second-order valence-electron chi connectivity index (χ2n) is 6.08. The van der Waals surface area contributed by atoms with Crippen molar-refractivity contribution in [1.82, 2.24) is 4.98 Å². The fourth-order valence-electron chi connectivity index (χ4n) is 2.70. The molecule has 29 heavy (non-hydrogen) atoms. The third-order valence-electron chi connectivity index (χ3n) is 4.04. The van der Waals surface area contributed by atoms with Crippen molar-refractivity contribution in [2.24, 2.45) is 0 Å². The maximum atomic E-state index is 12.6. The molecule has 2 heterocycles. The number of pyridine rings is 1. The molecule has 2 amide bonds. The number of nitrogens with one attached hydrogen (secondary N) is 2. The predicted molar refractivity (Wildman–Crippen MR) is 111 cm³/mol. The number of hydrogen-bond donors (Lipinski definition) is 2. The zero-order valence-corrected chi connectivity index (χ0v) is 16.1. The van der Waals surface area contributed by atoms with Crippen LogP contribution in [0.1, 0.15) is 10.4 Å². The maximum absolute atomic E-state index is 12.6. The van der Waals surface area contributed by atoms with Gasteiger partial charge in [-0.1, -0.05) is 30.0 Å². The van der Waals surface area contributed by atoms with Gasteiger partial charge in [-0.3, -0.25) is 9.59 Å². The second-order valence-corrected chi connectivity index (χ2v) is 7.05. The van der Waals surface area contributed by atoms with Gasteiger partial charge < -0.3 is 20.1 Å². The Kier molecular flexibility index (Phi) is 5.62. The highest BCUT2D eigenvalue weighted by molar-refractivity contribution is 8.00. The van der Waals surface area contributed by atoms with Crippen molar-refractivity contribution in [2.45, 2.75) is 5.03 Å². The molecule has 0 spiro atoms. The summed E-state index contributed by atoms with van der Waals surface area (Å²) in [6.45, 7) is 0.177. The SMILES string of the molecule is O=C(CSc1ncccc1C(=O)Nc1ccccc1)Nc1ccc2c(c1)OCO2. The highest BCUT2D eigenvalue weighted by Crippen LogP contribution is 2.34. The average Bonchev–Trinajstić information content (AvgIpc) is 3.21. The van der Waals surface area contributed by atoms with E-state index in [1.54, 1.807) is 48.7 Å². The average molecular weight is 407 g/mol. The van der Waals surface area contributed by atoms with Gasteiger partial charge >= 0.3 is 0 Å². The van der Waals surface area contributed by atoms with Gasteiger partial charge in [0.15, 0.2) is 11.5 Å². The molecule has 0 bridgehead atoms. The number of fused-ring (bicyclic) bond motifs is 1. The molecule has 0 fully saturated rings. The van der Waals surface area contributed by atoms with Crippen LogP contribution in [0.2, 0.25) is 0 Å². The number of carbonyl (C=O) groups excluding carboxylic acids is 2. The van der Waals surface area contributed by atoms with Gasteiger partial charge in [-0.15, -0.1) is 0 Å². The van der Waals surface area contributed by atoms with Gasteiger partial charge in [0.1, 0.15) is 5.03 Å². The minimum Gasteiger partial charge on any atom is -0.454 e. The van der Waals surface area contributed by atoms with E-state index < -0.39 is 0 Å². The predicted octanol–water partition coefficient (Wildman–Crippen LogP) is 3.79. The standard InChI is InChI=1S/C21H17N3O4S/c25-19(23-15-8-9-17-18(11-15)28-13-27-17)12-29-21-16(7-4-10-22-21)20(26)24-14-5-2-1-3-6-14/h1-11H,12-13H2,(H,23,25)(H,24,26). The second kappa shape index (κ2) is 8.66. The van der Waals surface area contributed by atoms with E-state index in [-0.39, 0.29) is 24.4 Å². The van der Waals surface area contributed by atoms with Crippen LogP contribution >= 0.6 is 11.8 Å². The minimum atomic E-state index is -0.275. The van der Waals surface area contributed by atoms with Crippen LogP contribution in [0.25, 0.3) is 0 Å². The summed E-state index contributed by atoms with van der Waals surface area (Å²) < 4.78 is 10.6. The topological polar surface area (TPSA) is 89.6 Å². The largest absolute Gasteiger partial charge is 0.454 e. The van der Waals surface area contributed by atoms with E-state index in [9.17, 15) is 9.59 Å². The van der Waals surface area contributed by atoms with E-state index in [2.05, 4.69) is 15.6 Å². The third-order valence-corrected chi connectivity index (χ3v) is 5.05. The van der Waals surface area contributed by atoms with Crippen molar-refractivity contribution in [3.63, 3.8) is 0 Å². The Balaban J connectivity index is 1.38. The van der Waals surface area contributed by atoms with Gasteiger partial charge in [0.2, 0.25) is 12.7 Å². The summed E-state index contributed by atoms with van der Waals surface area (Å²) in [7, 11) is 0. The summed E-state index contributed by atoms with van der Waals surface area (Å²) in [5.41, 5.74) is 1.72. The van der Waals surface area contributed by atoms with Crippen LogP contribution in [-0.4, -0.2) is 29.3 Å². The van der Waals surface area contributed by atoms with Gasteiger partial charge in [0.05, 0.1) is 11.3 Å². The lowest BCUT2D eigenvalue weighted by Gasteiger charge is -2.09. The van der Waals surface area contributed by atoms with Crippen LogP contribution < -0.4 is 20.1 Å². The van der Waals surface area contributed by atoms with Crippen molar-refractivity contribution in [2.75, 3.05) is 23.2 Å². The number of rotatable bonds is 6. The van der Waals surface area contributed by atoms with Crippen LogP contribution in [0.5, 0.6) is 11.5 Å². The Bertz CT molecular complexity index is 1040. The fraction of sp³-hybridized carbons (Fsp3) is 0.0952. The zero-order valence-electron chi connectivity index (χ0n) is 15.3. The number of amides is 2. The summed E-state index contributed by atoms with van der Waals surface area (Å²) >= 11 is 1.20. The molecule has 0 unspecified atom stereocenters. The van der Waals surface area contributed by atoms with E-state index in [1.165, 1.54) is 11.8 Å². The van der Waals surface area contributed by atoms with Crippen molar-refractivity contribution < 1.29 is 19.1 Å². The molecule has 4 rings (SSSR count). The molecule has 7 nitrogen and oxygen atoms in total. The monoisotopic (exact) mass is 407 g/mol. The highest BCUT2D eigenvalue weighted by Gasteiger charge is 2.16. The molecular weight excluding hydrogens is 390 g/mol. The normalized spacial score (nSPS) is 11.7. The first-order valence-corrected chi connectivity index (χ1v) is 9.81. The third kappa shape index (κ3) is 4.67. The van der Waals surface area contributed by atoms with Crippen LogP contribution in [0.4, 0.5) is 11.4 Å². The lowest BCUT2D eigenvalue weighted by Crippen LogP contribution is -2.16. The van der Waals surface area contributed by atoms with Crippen molar-refractivity contribution in [3.05, 3.63) is 72.4 Å². The molecular formula is C21H17N3O4S. The molecule has 0 aliphatic carbocycles. The minimum absolute atomic E-state index is 0.108. The lowest BCUT2D eigenvalue weighted by molar-refractivity contribution is -0.113. The molecule has 0 radical (unpaired) electrons. The van der Waals surface area contributed by atoms with Crippen molar-refractivity contribution in [1.29, 1.82) is 0 Å². The summed E-state index contributed by atoms with van der Waals surface area (Å²) in [6.07, 6.45) is 1.59. The molecule has 8 heteroatoms. The van der Waals surface area contributed by atoms with E-state index >= 15 is 0 Å². The number of aromatic nitrogens is 1. The number of para-hydroxylation sites is 1. The molecule has 146 valence electrons. The summed E-state index contributed by atoms with van der Waals surface area (Å²) in [4.78, 5) is 29.2. The molecule has 0 saturated carbocycles. The molecule has 1 aliphatic heterocycles. The quantitative estimate of drug-likeness (QED) is 0.604. The summed E-state index contributed by atoms with van der Waals surface area (Å²) in [5.74, 6) is 0.869. The molecule has 0 atom stereocenters. The number of benzene rings is 2. The molecule has 2 N–H and O–H groups in total. The van der Waals surface area contributed by atoms with E-state index in [0.29, 0.717) is 33.5 Å². The lowest BCUT2D eigenvalue weighted by atomic mass is 10.2. The van der Waals surface area contributed by atoms with Crippen LogP contribution in [-0.2, 0) is 4.79 Å². The van der Waals surface area contributed by atoms with E-state index in [1.807, 2.05) is 18.2 Å². The van der Waals surface area contributed by atoms with Gasteiger partial charge in [0.25, 0.3) is 5.91 Å². The Labute approximate surface area is 171 Å². The Morgan fingerprint density at radius 3 is 2.62 bits per heavy atom. The molecule has 1 aromatic heterocycles. The number of nitrogens with zero attached hydrogens (tertiary/aromatic N) is 1. The zero-order chi connectivity index (χ0) is 20.1. The molecule has 1 aliphatic rings. The Morgan fingerprint density at radius 2 is 1.76 bits per heavy atom. The fourth-order valence-corrected chi connectivity index (χ4v) is 3.50. The van der Waals surface area contributed by atoms with Gasteiger partial charge in [-0.05, 0) is 36.4 Å². The number of hydrogen-bond acceptors (Lipinski definition) is 6. The maximum Gasteiger partial charge on any atom is 0.258 e. The first-order chi connectivity index (χ1) is 14.2. The van der Waals surface area contributed by atoms with E-state index in [4.69, 9.17) is 9.47 Å². The number of ether oxygens (including phenoxy) is 2. The van der Waals surface area contributed by atoms with Crippen LogP contribution in [0.3, 0.4) is 0 Å². The van der Waals surface area contributed by atoms with E-state index in [0.717, 1.165) is 0 Å². The summed E-state index contributed by atoms with van der Waals surface area (Å²) in [6, 6.07) is 17.7.